The summed E-state index contributed by atoms with van der Waals surface area (Å²) in [6.45, 7) is 0. The van der Waals surface area contributed by atoms with Gasteiger partial charge in [0.2, 0.25) is 0 Å². The van der Waals surface area contributed by atoms with Gasteiger partial charge in [-0.2, -0.15) is 5.10 Å². The van der Waals surface area contributed by atoms with Crippen molar-refractivity contribution in [3.8, 4) is 11.3 Å². The third-order valence-electron chi connectivity index (χ3n) is 4.00. The molecule has 7 nitrogen and oxygen atoms in total. The van der Waals surface area contributed by atoms with Gasteiger partial charge in [-0.05, 0) is 25.0 Å². The number of fused-ring (bicyclic) bond motifs is 2. The molecule has 4 aromatic rings. The Hall–Kier alpha value is -2.67. The quantitative estimate of drug-likeness (QED) is 0.611. The summed E-state index contributed by atoms with van der Waals surface area (Å²) in [4.78, 5) is 23.2. The van der Waals surface area contributed by atoms with E-state index in [4.69, 9.17) is 16.0 Å². The lowest BCUT2D eigenvalue weighted by Gasteiger charge is -2.03. The van der Waals surface area contributed by atoms with Crippen molar-refractivity contribution in [2.45, 2.75) is 18.9 Å². The van der Waals surface area contributed by atoms with Gasteiger partial charge in [0, 0.05) is 5.56 Å². The number of nitrogens with zero attached hydrogens (tertiary/aromatic N) is 4. The Kier molecular flexibility index (Phi) is 2.47. The van der Waals surface area contributed by atoms with Gasteiger partial charge in [-0.1, -0.05) is 11.6 Å². The fraction of sp³-hybridized carbons (Fsp3) is 0.200. The van der Waals surface area contributed by atoms with Crippen molar-refractivity contribution in [2.75, 3.05) is 0 Å². The van der Waals surface area contributed by atoms with Crippen molar-refractivity contribution in [2.24, 2.45) is 0 Å². The molecule has 0 unspecified atom stereocenters. The summed E-state index contributed by atoms with van der Waals surface area (Å²) in [7, 11) is 0. The molecule has 0 amide bonds. The standard InChI is InChI=1S/C15H10ClN5O2/c16-9-4-3-8(13-12(9)20-15(22)23-13)10-5-17-14-11(19-10)6-18-21(14)7-1-2-7/h3-7H,1-2H2,(H,20,22). The van der Waals surface area contributed by atoms with Crippen molar-refractivity contribution in [1.29, 1.82) is 0 Å². The molecular weight excluding hydrogens is 318 g/mol. The number of benzene rings is 1. The van der Waals surface area contributed by atoms with E-state index in [9.17, 15) is 4.79 Å². The third-order valence-corrected chi connectivity index (χ3v) is 4.31. The summed E-state index contributed by atoms with van der Waals surface area (Å²) >= 11 is 6.09. The van der Waals surface area contributed by atoms with Crippen LogP contribution in [-0.2, 0) is 0 Å². The predicted octanol–water partition coefficient (Wildman–Crippen LogP) is 2.92. The van der Waals surface area contributed by atoms with Crippen molar-refractivity contribution >= 4 is 33.9 Å². The Balaban J connectivity index is 1.74. The Bertz CT molecular complexity index is 1120. The van der Waals surface area contributed by atoms with Crippen molar-refractivity contribution in [3.05, 3.63) is 40.1 Å². The van der Waals surface area contributed by atoms with Crippen LogP contribution in [0.1, 0.15) is 18.9 Å². The van der Waals surface area contributed by atoms with Gasteiger partial charge in [0.1, 0.15) is 11.0 Å². The van der Waals surface area contributed by atoms with Crippen LogP contribution in [0.2, 0.25) is 5.02 Å². The fourth-order valence-electron chi connectivity index (χ4n) is 2.75. The molecule has 114 valence electrons. The lowest BCUT2D eigenvalue weighted by molar-refractivity contribution is 0.556. The van der Waals surface area contributed by atoms with Crippen LogP contribution in [0, 0.1) is 0 Å². The Labute approximate surface area is 133 Å². The molecule has 3 heterocycles. The van der Waals surface area contributed by atoms with Gasteiger partial charge < -0.3 is 4.42 Å². The van der Waals surface area contributed by atoms with Crippen LogP contribution in [0.5, 0.6) is 0 Å². The van der Waals surface area contributed by atoms with E-state index in [0.29, 0.717) is 33.4 Å². The second kappa shape index (κ2) is 4.42. The third kappa shape index (κ3) is 1.90. The first-order valence-corrected chi connectivity index (χ1v) is 7.60. The summed E-state index contributed by atoms with van der Waals surface area (Å²) in [5.74, 6) is -0.551. The molecule has 1 N–H and O–H groups in total. The SMILES string of the molecule is O=c1[nH]c2c(Cl)ccc(-c3cnc4c(cnn4C4CC4)n3)c2o1. The van der Waals surface area contributed by atoms with Crippen molar-refractivity contribution in [1.82, 2.24) is 24.7 Å². The summed E-state index contributed by atoms with van der Waals surface area (Å²) < 4.78 is 7.13. The minimum Gasteiger partial charge on any atom is -0.407 e. The minimum absolute atomic E-state index is 0.380. The number of aromatic amines is 1. The largest absolute Gasteiger partial charge is 0.417 e. The van der Waals surface area contributed by atoms with E-state index in [-0.39, 0.29) is 0 Å². The zero-order valence-corrected chi connectivity index (χ0v) is 12.5. The van der Waals surface area contributed by atoms with Gasteiger partial charge in [-0.15, -0.1) is 0 Å². The summed E-state index contributed by atoms with van der Waals surface area (Å²) in [6.07, 6.45) is 5.64. The summed E-state index contributed by atoms with van der Waals surface area (Å²) in [6, 6.07) is 3.91. The maximum absolute atomic E-state index is 11.5. The van der Waals surface area contributed by atoms with Crippen LogP contribution in [0.4, 0.5) is 0 Å². The van der Waals surface area contributed by atoms with Crippen molar-refractivity contribution in [3.63, 3.8) is 0 Å². The molecule has 0 aliphatic heterocycles. The molecule has 1 fully saturated rings. The maximum Gasteiger partial charge on any atom is 0.417 e. The molecule has 0 saturated heterocycles. The molecule has 1 aliphatic rings. The molecule has 0 radical (unpaired) electrons. The van der Waals surface area contributed by atoms with Gasteiger partial charge >= 0.3 is 5.76 Å². The van der Waals surface area contributed by atoms with Crippen molar-refractivity contribution < 1.29 is 4.42 Å². The topological polar surface area (TPSA) is 89.6 Å². The summed E-state index contributed by atoms with van der Waals surface area (Å²) in [5, 5.41) is 4.79. The molecule has 1 saturated carbocycles. The molecule has 0 bridgehead atoms. The van der Waals surface area contributed by atoms with Gasteiger partial charge in [0.05, 0.1) is 29.2 Å². The average Bonchev–Trinajstić information content (AvgIpc) is 3.17. The number of hydrogen-bond donors (Lipinski definition) is 1. The van der Waals surface area contributed by atoms with Crippen LogP contribution in [-0.4, -0.2) is 24.7 Å². The highest BCUT2D eigenvalue weighted by molar-refractivity contribution is 6.35. The van der Waals surface area contributed by atoms with Gasteiger partial charge in [-0.3, -0.25) is 4.98 Å². The molecule has 8 heteroatoms. The Morgan fingerprint density at radius 3 is 3.00 bits per heavy atom. The molecule has 1 aromatic carbocycles. The van der Waals surface area contributed by atoms with E-state index in [1.54, 1.807) is 24.5 Å². The first-order valence-electron chi connectivity index (χ1n) is 7.22. The fourth-order valence-corrected chi connectivity index (χ4v) is 2.95. The smallest absolute Gasteiger partial charge is 0.407 e. The van der Waals surface area contributed by atoms with Crippen LogP contribution >= 0.6 is 11.6 Å². The number of H-pyrrole nitrogens is 1. The number of rotatable bonds is 2. The highest BCUT2D eigenvalue weighted by atomic mass is 35.5. The highest BCUT2D eigenvalue weighted by Gasteiger charge is 2.27. The predicted molar refractivity (Wildman–Crippen MR) is 84.4 cm³/mol. The zero-order valence-electron chi connectivity index (χ0n) is 11.8. The van der Waals surface area contributed by atoms with E-state index in [0.717, 1.165) is 24.0 Å². The van der Waals surface area contributed by atoms with Gasteiger partial charge in [0.25, 0.3) is 0 Å². The number of nitrogens with one attached hydrogen (secondary N) is 1. The molecule has 0 atom stereocenters. The van der Waals surface area contributed by atoms with E-state index in [2.05, 4.69) is 20.1 Å². The molecular formula is C15H10ClN5O2. The Morgan fingerprint density at radius 2 is 2.17 bits per heavy atom. The normalized spacial score (nSPS) is 14.8. The molecule has 5 rings (SSSR count). The van der Waals surface area contributed by atoms with Crippen LogP contribution < -0.4 is 5.76 Å². The van der Waals surface area contributed by atoms with Crippen LogP contribution in [0.15, 0.2) is 33.7 Å². The number of aromatic nitrogens is 5. The second-order valence-electron chi connectivity index (χ2n) is 5.60. The number of hydrogen-bond acceptors (Lipinski definition) is 5. The van der Waals surface area contributed by atoms with Crippen LogP contribution in [0.3, 0.4) is 0 Å². The highest BCUT2D eigenvalue weighted by Crippen LogP contribution is 2.36. The Morgan fingerprint density at radius 1 is 1.30 bits per heavy atom. The molecule has 23 heavy (non-hydrogen) atoms. The molecule has 0 spiro atoms. The maximum atomic E-state index is 11.5. The zero-order chi connectivity index (χ0) is 15.6. The van der Waals surface area contributed by atoms with E-state index >= 15 is 0 Å². The second-order valence-corrected chi connectivity index (χ2v) is 6.01. The van der Waals surface area contributed by atoms with E-state index < -0.39 is 5.76 Å². The molecule has 3 aromatic heterocycles. The van der Waals surface area contributed by atoms with E-state index in [1.165, 1.54) is 0 Å². The van der Waals surface area contributed by atoms with Gasteiger partial charge in [0.15, 0.2) is 11.2 Å². The number of halogens is 1. The average molecular weight is 328 g/mol. The lowest BCUT2D eigenvalue weighted by atomic mass is 10.1. The monoisotopic (exact) mass is 327 g/mol. The first kappa shape index (κ1) is 12.8. The van der Waals surface area contributed by atoms with Gasteiger partial charge in [-0.25, -0.2) is 19.4 Å². The molecule has 1 aliphatic carbocycles. The minimum atomic E-state index is -0.551. The lowest BCUT2D eigenvalue weighted by Crippen LogP contribution is -1.97. The first-order chi connectivity index (χ1) is 11.2. The number of oxazole rings is 1. The van der Waals surface area contributed by atoms with Crippen LogP contribution in [0.25, 0.3) is 33.5 Å². The summed E-state index contributed by atoms with van der Waals surface area (Å²) in [5.41, 5.74) is 3.61. The van der Waals surface area contributed by atoms with E-state index in [1.807, 2.05) is 4.68 Å².